The van der Waals surface area contributed by atoms with Crippen LogP contribution in [0.15, 0.2) is 24.3 Å². The smallest absolute Gasteiger partial charge is 0.215 e. The van der Waals surface area contributed by atoms with Gasteiger partial charge >= 0.3 is 0 Å². The van der Waals surface area contributed by atoms with Crippen LogP contribution in [0.2, 0.25) is 0 Å². The summed E-state index contributed by atoms with van der Waals surface area (Å²) >= 11 is 0. The van der Waals surface area contributed by atoms with Crippen molar-refractivity contribution in [3.63, 3.8) is 0 Å². The summed E-state index contributed by atoms with van der Waals surface area (Å²) < 4.78 is 26.7. The minimum Gasteiger partial charge on any atom is -0.326 e. The van der Waals surface area contributed by atoms with Crippen molar-refractivity contribution in [3.05, 3.63) is 35.4 Å². The van der Waals surface area contributed by atoms with Crippen LogP contribution in [-0.2, 0) is 22.3 Å². The SMILES string of the molecule is CC1(CNS(=O)(=O)Cc2ccccc2CN)CC1. The number of rotatable bonds is 6. The Balaban J connectivity index is 2.02. The second kappa shape index (κ2) is 4.99. The van der Waals surface area contributed by atoms with Crippen molar-refractivity contribution in [2.45, 2.75) is 32.1 Å². The molecule has 1 saturated carbocycles. The molecule has 18 heavy (non-hydrogen) atoms. The highest BCUT2D eigenvalue weighted by molar-refractivity contribution is 7.88. The van der Waals surface area contributed by atoms with Crippen molar-refractivity contribution >= 4 is 10.0 Å². The van der Waals surface area contributed by atoms with Gasteiger partial charge in [0.15, 0.2) is 0 Å². The molecule has 1 aromatic rings. The molecule has 1 aliphatic carbocycles. The molecule has 0 amide bonds. The fraction of sp³-hybridized carbons (Fsp3) is 0.538. The summed E-state index contributed by atoms with van der Waals surface area (Å²) in [5.74, 6) is 0.0104. The van der Waals surface area contributed by atoms with Crippen molar-refractivity contribution in [3.8, 4) is 0 Å². The van der Waals surface area contributed by atoms with Crippen molar-refractivity contribution < 1.29 is 8.42 Å². The molecule has 4 nitrogen and oxygen atoms in total. The van der Waals surface area contributed by atoms with E-state index in [0.717, 1.165) is 24.0 Å². The van der Waals surface area contributed by atoms with E-state index < -0.39 is 10.0 Å². The maximum atomic E-state index is 12.0. The first-order valence-electron chi connectivity index (χ1n) is 6.18. The van der Waals surface area contributed by atoms with Gasteiger partial charge in [-0.15, -0.1) is 0 Å². The highest BCUT2D eigenvalue weighted by Crippen LogP contribution is 2.44. The molecule has 0 saturated heterocycles. The fourth-order valence-electron chi connectivity index (χ4n) is 1.83. The molecule has 0 atom stereocenters. The molecule has 100 valence electrons. The largest absolute Gasteiger partial charge is 0.326 e. The van der Waals surface area contributed by atoms with Gasteiger partial charge in [0.2, 0.25) is 10.0 Å². The average Bonchev–Trinajstić information content (AvgIpc) is 3.06. The van der Waals surface area contributed by atoms with Crippen LogP contribution in [0.1, 0.15) is 30.9 Å². The molecule has 0 spiro atoms. The minimum absolute atomic E-state index is 0.0104. The molecule has 3 N–H and O–H groups in total. The predicted octanol–water partition coefficient (Wildman–Crippen LogP) is 1.36. The Morgan fingerprint density at radius 1 is 1.28 bits per heavy atom. The Morgan fingerprint density at radius 2 is 1.89 bits per heavy atom. The zero-order chi connectivity index (χ0) is 13.2. The van der Waals surface area contributed by atoms with Gasteiger partial charge < -0.3 is 5.73 Å². The van der Waals surface area contributed by atoms with E-state index in [1.165, 1.54) is 0 Å². The highest BCUT2D eigenvalue weighted by Gasteiger charge is 2.37. The Morgan fingerprint density at radius 3 is 2.44 bits per heavy atom. The van der Waals surface area contributed by atoms with Crippen molar-refractivity contribution in [2.75, 3.05) is 6.54 Å². The number of benzene rings is 1. The van der Waals surface area contributed by atoms with Gasteiger partial charge in [-0.2, -0.15) is 0 Å². The van der Waals surface area contributed by atoms with Gasteiger partial charge in [-0.25, -0.2) is 13.1 Å². The normalized spacial score (nSPS) is 17.7. The summed E-state index contributed by atoms with van der Waals surface area (Å²) in [5.41, 5.74) is 7.46. The molecule has 1 aromatic carbocycles. The standard InChI is InChI=1S/C13H20N2O2S/c1-13(6-7-13)10-15-18(16,17)9-12-5-3-2-4-11(12)8-14/h2-5,15H,6-10,14H2,1H3. The van der Waals surface area contributed by atoms with Crippen LogP contribution in [0.25, 0.3) is 0 Å². The second-order valence-electron chi connectivity index (χ2n) is 5.36. The first-order chi connectivity index (χ1) is 8.44. The van der Waals surface area contributed by atoms with Gasteiger partial charge in [0.1, 0.15) is 0 Å². The van der Waals surface area contributed by atoms with E-state index in [0.29, 0.717) is 13.1 Å². The molecule has 1 fully saturated rings. The van der Waals surface area contributed by atoms with E-state index in [4.69, 9.17) is 5.73 Å². The van der Waals surface area contributed by atoms with Crippen molar-refractivity contribution in [1.29, 1.82) is 0 Å². The highest BCUT2D eigenvalue weighted by atomic mass is 32.2. The summed E-state index contributed by atoms with van der Waals surface area (Å²) in [6.45, 7) is 3.01. The molecule has 1 aliphatic rings. The summed E-state index contributed by atoms with van der Waals surface area (Å²) in [6, 6.07) is 7.40. The molecular formula is C13H20N2O2S. The number of hydrogen-bond donors (Lipinski definition) is 2. The molecule has 5 heteroatoms. The Kier molecular flexibility index (Phi) is 3.75. The van der Waals surface area contributed by atoms with E-state index in [2.05, 4.69) is 11.6 Å². The van der Waals surface area contributed by atoms with Crippen LogP contribution in [0, 0.1) is 5.41 Å². The van der Waals surface area contributed by atoms with Crippen molar-refractivity contribution in [2.24, 2.45) is 11.1 Å². The quantitative estimate of drug-likeness (QED) is 0.818. The lowest BCUT2D eigenvalue weighted by Gasteiger charge is -2.12. The first kappa shape index (κ1) is 13.5. The third kappa shape index (κ3) is 3.54. The third-order valence-corrected chi connectivity index (χ3v) is 4.78. The zero-order valence-corrected chi connectivity index (χ0v) is 11.5. The topological polar surface area (TPSA) is 72.2 Å². The summed E-state index contributed by atoms with van der Waals surface area (Å²) in [4.78, 5) is 0. The molecule has 0 bridgehead atoms. The summed E-state index contributed by atoms with van der Waals surface area (Å²) in [6.07, 6.45) is 2.21. The molecule has 2 rings (SSSR count). The van der Waals surface area contributed by atoms with Gasteiger partial charge in [0.05, 0.1) is 5.75 Å². The van der Waals surface area contributed by atoms with Crippen LogP contribution < -0.4 is 10.5 Å². The fourth-order valence-corrected chi connectivity index (χ4v) is 3.19. The monoisotopic (exact) mass is 268 g/mol. The van der Waals surface area contributed by atoms with Gasteiger partial charge in [-0.1, -0.05) is 31.2 Å². The maximum Gasteiger partial charge on any atom is 0.215 e. The molecule has 0 unspecified atom stereocenters. The lowest BCUT2D eigenvalue weighted by atomic mass is 10.1. The first-order valence-corrected chi connectivity index (χ1v) is 7.84. The van der Waals surface area contributed by atoms with E-state index in [-0.39, 0.29) is 11.2 Å². The molecule has 0 radical (unpaired) electrons. The van der Waals surface area contributed by atoms with E-state index in [9.17, 15) is 8.42 Å². The number of nitrogens with two attached hydrogens (primary N) is 1. The molecule has 0 aliphatic heterocycles. The number of nitrogens with one attached hydrogen (secondary N) is 1. The summed E-state index contributed by atoms with van der Waals surface area (Å²) in [7, 11) is -3.27. The van der Waals surface area contributed by atoms with Gasteiger partial charge in [0, 0.05) is 13.1 Å². The third-order valence-electron chi connectivity index (χ3n) is 3.51. The predicted molar refractivity (Wildman–Crippen MR) is 72.3 cm³/mol. The molecular weight excluding hydrogens is 248 g/mol. The van der Waals surface area contributed by atoms with Crippen LogP contribution >= 0.6 is 0 Å². The zero-order valence-electron chi connectivity index (χ0n) is 10.6. The van der Waals surface area contributed by atoms with Crippen molar-refractivity contribution in [1.82, 2.24) is 4.72 Å². The summed E-state index contributed by atoms with van der Waals surface area (Å²) in [5, 5.41) is 0. The average molecular weight is 268 g/mol. The molecule has 0 heterocycles. The number of sulfonamides is 1. The van der Waals surface area contributed by atoms with E-state index >= 15 is 0 Å². The van der Waals surface area contributed by atoms with Gasteiger partial charge in [-0.3, -0.25) is 0 Å². The van der Waals surface area contributed by atoms with Crippen LogP contribution in [0.3, 0.4) is 0 Å². The second-order valence-corrected chi connectivity index (χ2v) is 7.17. The molecule has 0 aromatic heterocycles. The Labute approximate surface area is 109 Å². The van der Waals surface area contributed by atoms with Crippen LogP contribution in [-0.4, -0.2) is 15.0 Å². The van der Waals surface area contributed by atoms with E-state index in [1.54, 1.807) is 0 Å². The Hall–Kier alpha value is -0.910. The van der Waals surface area contributed by atoms with Crippen LogP contribution in [0.5, 0.6) is 0 Å². The lowest BCUT2D eigenvalue weighted by molar-refractivity contribution is 0.530. The van der Waals surface area contributed by atoms with Gasteiger partial charge in [-0.05, 0) is 29.4 Å². The van der Waals surface area contributed by atoms with Gasteiger partial charge in [0.25, 0.3) is 0 Å². The number of hydrogen-bond acceptors (Lipinski definition) is 3. The maximum absolute atomic E-state index is 12.0. The Bertz CT molecular complexity index is 522. The van der Waals surface area contributed by atoms with E-state index in [1.807, 2.05) is 24.3 Å². The lowest BCUT2D eigenvalue weighted by Crippen LogP contribution is -2.30. The minimum atomic E-state index is -3.27. The van der Waals surface area contributed by atoms with Crippen LogP contribution in [0.4, 0.5) is 0 Å².